The molecule has 0 fully saturated rings. The molecule has 0 aromatic heterocycles. The molecule has 0 heterocycles. The first-order valence-corrected chi connectivity index (χ1v) is 7.56. The van der Waals surface area contributed by atoms with Gasteiger partial charge in [0, 0.05) is 18.9 Å². The number of aliphatic hydroxyl groups is 2. The summed E-state index contributed by atoms with van der Waals surface area (Å²) in [6, 6.07) is -1.68. The van der Waals surface area contributed by atoms with Crippen molar-refractivity contribution in [3.63, 3.8) is 0 Å². The van der Waals surface area contributed by atoms with E-state index < -0.39 is 42.0 Å². The molecule has 8 heteroatoms. The average molecular weight is 327 g/mol. The molecule has 0 radical (unpaired) electrons. The number of aliphatic hydroxyl groups excluding tert-OH is 2. The fraction of sp³-hybridized carbons (Fsp3) is 0.667. The van der Waals surface area contributed by atoms with Crippen molar-refractivity contribution in [3.05, 3.63) is 11.6 Å². The Kier molecular flexibility index (Phi) is 6.71. The summed E-state index contributed by atoms with van der Waals surface area (Å²) in [4.78, 5) is 34.8. The molecule has 0 aromatic rings. The van der Waals surface area contributed by atoms with Gasteiger partial charge in [0.15, 0.2) is 0 Å². The topological polar surface area (TPSA) is 142 Å². The Balaban J connectivity index is 2.87. The van der Waals surface area contributed by atoms with Gasteiger partial charge in [-0.3, -0.25) is 14.4 Å². The quantitative estimate of drug-likeness (QED) is 0.406. The van der Waals surface area contributed by atoms with Gasteiger partial charge in [-0.25, -0.2) is 0 Å². The lowest BCUT2D eigenvalue weighted by Gasteiger charge is -2.31. The number of amides is 3. The zero-order valence-electron chi connectivity index (χ0n) is 13.6. The smallest absolute Gasteiger partial charge is 0.247 e. The minimum absolute atomic E-state index is 0.0732. The van der Waals surface area contributed by atoms with Gasteiger partial charge >= 0.3 is 0 Å². The highest BCUT2D eigenvalue weighted by molar-refractivity contribution is 5.97. The van der Waals surface area contributed by atoms with E-state index in [2.05, 4.69) is 10.6 Å². The maximum atomic E-state index is 12.3. The summed E-state index contributed by atoms with van der Waals surface area (Å²) in [5, 5.41) is 24.7. The molecule has 4 atom stereocenters. The zero-order valence-corrected chi connectivity index (χ0v) is 13.6. The molecular weight excluding hydrogens is 302 g/mol. The van der Waals surface area contributed by atoms with Crippen LogP contribution in [0.5, 0.6) is 0 Å². The summed E-state index contributed by atoms with van der Waals surface area (Å²) in [6.07, 6.45) is -0.667. The van der Waals surface area contributed by atoms with Crippen LogP contribution in [-0.4, -0.2) is 52.2 Å². The number of hydrogen-bond donors (Lipinski definition) is 5. The van der Waals surface area contributed by atoms with Crippen LogP contribution in [0.1, 0.15) is 33.6 Å². The Morgan fingerprint density at radius 1 is 1.35 bits per heavy atom. The van der Waals surface area contributed by atoms with E-state index in [1.807, 2.05) is 13.8 Å². The third-order valence-electron chi connectivity index (χ3n) is 3.59. The van der Waals surface area contributed by atoms with Gasteiger partial charge in [-0.05, 0) is 12.3 Å². The van der Waals surface area contributed by atoms with Crippen molar-refractivity contribution in [2.75, 3.05) is 0 Å². The molecule has 0 bridgehead atoms. The molecule has 0 aliphatic heterocycles. The van der Waals surface area contributed by atoms with Crippen molar-refractivity contribution in [1.29, 1.82) is 0 Å². The molecule has 0 aromatic carbocycles. The van der Waals surface area contributed by atoms with Gasteiger partial charge in [-0.2, -0.15) is 0 Å². The van der Waals surface area contributed by atoms with Crippen molar-refractivity contribution in [1.82, 2.24) is 10.6 Å². The summed E-state index contributed by atoms with van der Waals surface area (Å²) >= 11 is 0. The predicted molar refractivity (Wildman–Crippen MR) is 82.9 cm³/mol. The van der Waals surface area contributed by atoms with E-state index >= 15 is 0 Å². The fourth-order valence-electron chi connectivity index (χ4n) is 2.47. The van der Waals surface area contributed by atoms with E-state index in [1.165, 1.54) is 13.0 Å². The molecule has 1 aliphatic rings. The Hall–Kier alpha value is -1.93. The molecular formula is C15H25N3O5. The number of rotatable bonds is 6. The number of primary amides is 1. The second-order valence-electron chi connectivity index (χ2n) is 6.24. The largest absolute Gasteiger partial charge is 0.390 e. The molecule has 3 amide bonds. The van der Waals surface area contributed by atoms with Crippen molar-refractivity contribution < 1.29 is 24.6 Å². The number of nitrogens with two attached hydrogens (primary N) is 1. The Labute approximate surface area is 135 Å². The predicted octanol–water partition coefficient (Wildman–Crippen LogP) is -1.44. The highest BCUT2D eigenvalue weighted by atomic mass is 16.3. The van der Waals surface area contributed by atoms with E-state index in [0.29, 0.717) is 6.42 Å². The van der Waals surface area contributed by atoms with E-state index in [0.717, 1.165) is 0 Å². The molecule has 0 spiro atoms. The Morgan fingerprint density at radius 3 is 2.43 bits per heavy atom. The highest BCUT2D eigenvalue weighted by Gasteiger charge is 2.34. The number of carbonyl (C=O) groups excluding carboxylic acids is 3. The average Bonchev–Trinajstić information content (AvgIpc) is 2.41. The third kappa shape index (κ3) is 5.65. The lowest BCUT2D eigenvalue weighted by atomic mass is 9.89. The van der Waals surface area contributed by atoms with E-state index in [-0.39, 0.29) is 17.9 Å². The van der Waals surface area contributed by atoms with Crippen LogP contribution in [-0.2, 0) is 14.4 Å². The second kappa shape index (κ2) is 8.07. The molecule has 6 N–H and O–H groups in total. The molecule has 8 nitrogen and oxygen atoms in total. The Bertz CT molecular complexity index is 503. The maximum Gasteiger partial charge on any atom is 0.247 e. The highest BCUT2D eigenvalue weighted by Crippen LogP contribution is 2.20. The number of carbonyl (C=O) groups is 3. The molecule has 0 saturated carbocycles. The van der Waals surface area contributed by atoms with E-state index in [1.54, 1.807) is 0 Å². The Morgan fingerprint density at radius 2 is 1.96 bits per heavy atom. The molecule has 23 heavy (non-hydrogen) atoms. The van der Waals surface area contributed by atoms with Crippen LogP contribution in [0.2, 0.25) is 0 Å². The maximum absolute atomic E-state index is 12.3. The molecule has 0 unspecified atom stereocenters. The standard InChI is InChI=1S/C15H25N3O5/c1-7(2)4-11(14(16)22)18-15(23)9-5-10(17-8(3)19)13(21)12(20)6-9/h5,7,10-13,20-21H,4,6H2,1-3H3,(H2,16,22)(H,17,19)(H,18,23)/t10-,11-,12-,13-/m1/s1. The van der Waals surface area contributed by atoms with Crippen LogP contribution in [0.4, 0.5) is 0 Å². The van der Waals surface area contributed by atoms with Crippen molar-refractivity contribution in [3.8, 4) is 0 Å². The van der Waals surface area contributed by atoms with Gasteiger partial charge < -0.3 is 26.6 Å². The van der Waals surface area contributed by atoms with Crippen LogP contribution in [0, 0.1) is 5.92 Å². The normalized spacial score (nSPS) is 25.5. The molecule has 1 aliphatic carbocycles. The summed E-state index contributed by atoms with van der Waals surface area (Å²) in [7, 11) is 0. The van der Waals surface area contributed by atoms with Crippen LogP contribution in [0.3, 0.4) is 0 Å². The van der Waals surface area contributed by atoms with Gasteiger partial charge in [0.25, 0.3) is 0 Å². The van der Waals surface area contributed by atoms with Crippen LogP contribution in [0.15, 0.2) is 11.6 Å². The van der Waals surface area contributed by atoms with Gasteiger partial charge in [0.05, 0.1) is 12.1 Å². The first-order chi connectivity index (χ1) is 10.6. The van der Waals surface area contributed by atoms with Crippen molar-refractivity contribution in [2.24, 2.45) is 11.7 Å². The van der Waals surface area contributed by atoms with Gasteiger partial charge in [0.1, 0.15) is 12.1 Å². The van der Waals surface area contributed by atoms with Crippen LogP contribution in [0.25, 0.3) is 0 Å². The molecule has 1 rings (SSSR count). The lowest BCUT2D eigenvalue weighted by Crippen LogP contribution is -2.52. The van der Waals surface area contributed by atoms with Crippen molar-refractivity contribution >= 4 is 17.7 Å². The summed E-state index contributed by atoms with van der Waals surface area (Å²) in [6.45, 7) is 5.07. The first kappa shape index (κ1) is 19.1. The van der Waals surface area contributed by atoms with Crippen molar-refractivity contribution in [2.45, 2.75) is 57.9 Å². The van der Waals surface area contributed by atoms with Gasteiger partial charge in [-0.1, -0.05) is 19.9 Å². The summed E-state index contributed by atoms with van der Waals surface area (Å²) in [5.41, 5.74) is 5.48. The van der Waals surface area contributed by atoms with E-state index in [9.17, 15) is 24.6 Å². The van der Waals surface area contributed by atoms with Crippen LogP contribution >= 0.6 is 0 Å². The van der Waals surface area contributed by atoms with Gasteiger partial charge in [-0.15, -0.1) is 0 Å². The second-order valence-corrected chi connectivity index (χ2v) is 6.24. The van der Waals surface area contributed by atoms with Crippen LogP contribution < -0.4 is 16.4 Å². The monoisotopic (exact) mass is 327 g/mol. The minimum atomic E-state index is -1.20. The molecule has 130 valence electrons. The lowest BCUT2D eigenvalue weighted by molar-refractivity contribution is -0.126. The number of nitrogens with one attached hydrogen (secondary N) is 2. The zero-order chi connectivity index (χ0) is 17.7. The first-order valence-electron chi connectivity index (χ1n) is 7.56. The van der Waals surface area contributed by atoms with Gasteiger partial charge in [0.2, 0.25) is 17.7 Å². The third-order valence-corrected chi connectivity index (χ3v) is 3.59. The summed E-state index contributed by atoms with van der Waals surface area (Å²) in [5.74, 6) is -1.42. The molecule has 0 saturated heterocycles. The SMILES string of the molecule is CC(=O)N[C@@H]1C=C(C(=O)N[C@H](CC(C)C)C(N)=O)C[C@@H](O)[C@@H]1O. The fourth-order valence-corrected chi connectivity index (χ4v) is 2.47. The number of hydrogen-bond acceptors (Lipinski definition) is 5. The van der Waals surface area contributed by atoms with E-state index in [4.69, 9.17) is 5.73 Å². The minimum Gasteiger partial charge on any atom is -0.390 e. The summed E-state index contributed by atoms with van der Waals surface area (Å²) < 4.78 is 0.